The fraction of sp³-hybridized carbons (Fsp3) is 0.688. The van der Waals surface area contributed by atoms with Crippen molar-refractivity contribution < 1.29 is 4.79 Å². The van der Waals surface area contributed by atoms with Gasteiger partial charge in [-0.05, 0) is 38.8 Å². The lowest BCUT2D eigenvalue weighted by Gasteiger charge is -2.35. The predicted molar refractivity (Wildman–Crippen MR) is 79.6 cm³/mol. The fourth-order valence-corrected chi connectivity index (χ4v) is 3.62. The van der Waals surface area contributed by atoms with E-state index in [2.05, 4.69) is 35.9 Å². The van der Waals surface area contributed by atoms with E-state index >= 15 is 0 Å². The highest BCUT2D eigenvalue weighted by atomic mass is 16.2. The third kappa shape index (κ3) is 2.49. The molecule has 1 atom stereocenters. The van der Waals surface area contributed by atoms with Gasteiger partial charge in [-0.15, -0.1) is 0 Å². The van der Waals surface area contributed by atoms with Gasteiger partial charge in [-0.2, -0.15) is 0 Å². The Hall–Kier alpha value is -1.29. The number of amides is 1. The van der Waals surface area contributed by atoms with Gasteiger partial charge in [-0.25, -0.2) is 0 Å². The topological polar surface area (TPSA) is 37.3 Å². The van der Waals surface area contributed by atoms with Gasteiger partial charge in [0.1, 0.15) is 0 Å². The Morgan fingerprint density at radius 2 is 2.05 bits per heavy atom. The maximum Gasteiger partial charge on any atom is 0.237 e. The Balaban J connectivity index is 1.61. The molecule has 1 aromatic heterocycles. The number of rotatable bonds is 3. The van der Waals surface area contributed by atoms with Crippen LogP contribution in [0.5, 0.6) is 0 Å². The summed E-state index contributed by atoms with van der Waals surface area (Å²) in [6.45, 7) is 6.52. The number of aromatic nitrogens is 1. The first-order valence-electron chi connectivity index (χ1n) is 7.85. The third-order valence-corrected chi connectivity index (χ3v) is 4.91. The van der Waals surface area contributed by atoms with Crippen LogP contribution >= 0.6 is 0 Å². The van der Waals surface area contributed by atoms with Crippen LogP contribution in [0.1, 0.15) is 50.0 Å². The summed E-state index contributed by atoms with van der Waals surface area (Å²) in [6.07, 6.45) is 5.06. The number of aryl methyl sites for hydroxylation is 1. The highest BCUT2D eigenvalue weighted by Crippen LogP contribution is 2.27. The van der Waals surface area contributed by atoms with Gasteiger partial charge in [0.25, 0.3) is 0 Å². The average molecular weight is 275 g/mol. The second-order valence-corrected chi connectivity index (χ2v) is 6.18. The second kappa shape index (κ2) is 5.60. The molecule has 1 N–H and O–H groups in total. The molecule has 0 saturated heterocycles. The van der Waals surface area contributed by atoms with E-state index < -0.39 is 0 Å². The third-order valence-electron chi connectivity index (χ3n) is 4.91. The lowest BCUT2D eigenvalue weighted by Crippen LogP contribution is -2.46. The van der Waals surface area contributed by atoms with Gasteiger partial charge < -0.3 is 14.8 Å². The Kier molecular flexibility index (Phi) is 3.83. The van der Waals surface area contributed by atoms with Crippen LogP contribution < -0.4 is 5.32 Å². The molecule has 1 aliphatic carbocycles. The summed E-state index contributed by atoms with van der Waals surface area (Å²) in [5.41, 5.74) is 2.56. The maximum absolute atomic E-state index is 12.4. The molecule has 1 amide bonds. The van der Waals surface area contributed by atoms with E-state index in [1.807, 2.05) is 4.90 Å². The van der Waals surface area contributed by atoms with Crippen molar-refractivity contribution >= 4 is 5.91 Å². The van der Waals surface area contributed by atoms with Crippen molar-refractivity contribution in [3.8, 4) is 0 Å². The van der Waals surface area contributed by atoms with Gasteiger partial charge in [-0.1, -0.05) is 12.8 Å². The quantitative estimate of drug-likeness (QED) is 0.918. The second-order valence-electron chi connectivity index (χ2n) is 6.18. The molecule has 20 heavy (non-hydrogen) atoms. The van der Waals surface area contributed by atoms with Gasteiger partial charge in [-0.3, -0.25) is 4.79 Å². The number of hydrogen-bond donors (Lipinski definition) is 1. The monoisotopic (exact) mass is 275 g/mol. The molecule has 4 nitrogen and oxygen atoms in total. The zero-order valence-electron chi connectivity index (χ0n) is 12.6. The maximum atomic E-state index is 12.4. The number of carbonyl (C=O) groups excluding carboxylic acids is 1. The van der Waals surface area contributed by atoms with Gasteiger partial charge in [0.15, 0.2) is 0 Å². The van der Waals surface area contributed by atoms with Gasteiger partial charge >= 0.3 is 0 Å². The smallest absolute Gasteiger partial charge is 0.237 e. The first-order chi connectivity index (χ1) is 9.66. The SMILES string of the molecule is Cc1ccc2n1CCN(C(=O)CNC1CCCC1)C2C. The summed E-state index contributed by atoms with van der Waals surface area (Å²) >= 11 is 0. The summed E-state index contributed by atoms with van der Waals surface area (Å²) in [7, 11) is 0. The van der Waals surface area contributed by atoms with Crippen LogP contribution in [-0.4, -0.2) is 34.5 Å². The summed E-state index contributed by atoms with van der Waals surface area (Å²) in [5.74, 6) is 0.245. The number of hydrogen-bond acceptors (Lipinski definition) is 2. The van der Waals surface area contributed by atoms with Crippen molar-refractivity contribution in [2.75, 3.05) is 13.1 Å². The van der Waals surface area contributed by atoms with Crippen molar-refractivity contribution in [3.05, 3.63) is 23.5 Å². The predicted octanol–water partition coefficient (Wildman–Crippen LogP) is 2.23. The van der Waals surface area contributed by atoms with Gasteiger partial charge in [0.2, 0.25) is 5.91 Å². The van der Waals surface area contributed by atoms with Crippen molar-refractivity contribution in [3.63, 3.8) is 0 Å². The number of carbonyl (C=O) groups is 1. The molecule has 2 aliphatic rings. The standard InChI is InChI=1S/C16H25N3O/c1-12-7-8-15-13(2)19(10-9-18(12)15)16(20)11-17-14-5-3-4-6-14/h7-8,13-14,17H,3-6,9-11H2,1-2H3. The van der Waals surface area contributed by atoms with Crippen LogP contribution in [-0.2, 0) is 11.3 Å². The average Bonchev–Trinajstić information content (AvgIpc) is 3.07. The van der Waals surface area contributed by atoms with E-state index in [1.54, 1.807) is 0 Å². The molecule has 110 valence electrons. The zero-order valence-corrected chi connectivity index (χ0v) is 12.6. The summed E-state index contributed by atoms with van der Waals surface area (Å²) in [5, 5.41) is 3.43. The molecule has 4 heteroatoms. The molecule has 0 radical (unpaired) electrons. The van der Waals surface area contributed by atoms with E-state index in [4.69, 9.17) is 0 Å². The lowest BCUT2D eigenvalue weighted by molar-refractivity contribution is -0.133. The minimum atomic E-state index is 0.190. The molecule has 0 spiro atoms. The van der Waals surface area contributed by atoms with Crippen molar-refractivity contribution in [2.45, 2.75) is 58.2 Å². The highest BCUT2D eigenvalue weighted by molar-refractivity contribution is 5.79. The first kappa shape index (κ1) is 13.7. The molecule has 1 aromatic rings. The van der Waals surface area contributed by atoms with Crippen LogP contribution in [0.4, 0.5) is 0 Å². The normalized spacial score (nSPS) is 23.1. The largest absolute Gasteiger partial charge is 0.345 e. The van der Waals surface area contributed by atoms with Crippen LogP contribution in [0.25, 0.3) is 0 Å². The Morgan fingerprint density at radius 3 is 2.80 bits per heavy atom. The van der Waals surface area contributed by atoms with Crippen LogP contribution in [0.15, 0.2) is 12.1 Å². The summed E-state index contributed by atoms with van der Waals surface area (Å²) < 4.78 is 2.33. The van der Waals surface area contributed by atoms with E-state index in [9.17, 15) is 4.79 Å². The van der Waals surface area contributed by atoms with Crippen LogP contribution in [0.2, 0.25) is 0 Å². The van der Waals surface area contributed by atoms with E-state index in [0.29, 0.717) is 12.6 Å². The van der Waals surface area contributed by atoms with Crippen molar-refractivity contribution in [1.29, 1.82) is 0 Å². The summed E-state index contributed by atoms with van der Waals surface area (Å²) in [4.78, 5) is 14.5. The van der Waals surface area contributed by atoms with Gasteiger partial charge in [0, 0.05) is 30.5 Å². The van der Waals surface area contributed by atoms with Crippen molar-refractivity contribution in [1.82, 2.24) is 14.8 Å². The van der Waals surface area contributed by atoms with Crippen LogP contribution in [0, 0.1) is 6.92 Å². The van der Waals surface area contributed by atoms with Gasteiger partial charge in [0.05, 0.1) is 12.6 Å². The highest BCUT2D eigenvalue weighted by Gasteiger charge is 2.28. The minimum absolute atomic E-state index is 0.190. The molecule has 1 unspecified atom stereocenters. The molecular formula is C16H25N3O. The minimum Gasteiger partial charge on any atom is -0.345 e. The van der Waals surface area contributed by atoms with Crippen molar-refractivity contribution in [2.24, 2.45) is 0 Å². The Bertz CT molecular complexity index is 488. The van der Waals surface area contributed by atoms with E-state index in [0.717, 1.165) is 13.1 Å². The lowest BCUT2D eigenvalue weighted by atomic mass is 10.1. The molecule has 0 bridgehead atoms. The molecule has 2 heterocycles. The van der Waals surface area contributed by atoms with E-state index in [1.165, 1.54) is 37.1 Å². The number of nitrogens with zero attached hydrogens (tertiary/aromatic N) is 2. The Morgan fingerprint density at radius 1 is 1.30 bits per heavy atom. The Labute approximate surface area is 121 Å². The first-order valence-corrected chi connectivity index (χ1v) is 7.85. The summed E-state index contributed by atoms with van der Waals surface area (Å²) in [6, 6.07) is 5.06. The fourth-order valence-electron chi connectivity index (χ4n) is 3.62. The van der Waals surface area contributed by atoms with E-state index in [-0.39, 0.29) is 11.9 Å². The molecular weight excluding hydrogens is 250 g/mol. The molecule has 3 rings (SSSR count). The van der Waals surface area contributed by atoms with Crippen LogP contribution in [0.3, 0.4) is 0 Å². The molecule has 1 aliphatic heterocycles. The number of fused-ring (bicyclic) bond motifs is 1. The number of nitrogens with one attached hydrogen (secondary N) is 1. The molecule has 1 saturated carbocycles. The zero-order chi connectivity index (χ0) is 14.1. The molecule has 1 fully saturated rings. The molecule has 0 aromatic carbocycles.